The first-order valence-electron chi connectivity index (χ1n) is 12.3. The smallest absolute Gasteiger partial charge is 0.236 e. The summed E-state index contributed by atoms with van der Waals surface area (Å²) in [4.78, 5) is 23.9. The molecule has 8 nitrogen and oxygen atoms in total. The molecule has 4 heterocycles. The fraction of sp³-hybridized carbons (Fsp3) is 0.750. The van der Waals surface area contributed by atoms with E-state index in [1.54, 1.807) is 0 Å². The van der Waals surface area contributed by atoms with Gasteiger partial charge in [0.2, 0.25) is 5.91 Å². The van der Waals surface area contributed by atoms with E-state index < -0.39 is 5.60 Å². The van der Waals surface area contributed by atoms with Crippen molar-refractivity contribution in [2.45, 2.75) is 74.8 Å². The minimum Gasteiger partial charge on any atom is -0.391 e. The van der Waals surface area contributed by atoms with Crippen LogP contribution in [-0.4, -0.2) is 94.9 Å². The third-order valence-corrected chi connectivity index (χ3v) is 8.27. The number of hydrogen-bond acceptors (Lipinski definition) is 7. The molecule has 3 atom stereocenters. The summed E-state index contributed by atoms with van der Waals surface area (Å²) < 4.78 is 0. The fourth-order valence-electron chi connectivity index (χ4n) is 6.53. The minimum absolute atomic E-state index is 0.220. The van der Waals surface area contributed by atoms with Crippen molar-refractivity contribution in [1.29, 1.82) is 0 Å². The van der Waals surface area contributed by atoms with Crippen LogP contribution in [0.25, 0.3) is 0 Å². The van der Waals surface area contributed by atoms with E-state index >= 15 is 0 Å². The molecule has 1 amide bonds. The number of likely N-dealkylation sites (tertiary alicyclic amines) is 2. The van der Waals surface area contributed by atoms with E-state index in [9.17, 15) is 15.0 Å². The fourth-order valence-corrected chi connectivity index (χ4v) is 6.53. The average Bonchev–Trinajstić information content (AvgIpc) is 3.51. The second-order valence-corrected chi connectivity index (χ2v) is 10.1. The molecule has 1 aromatic heterocycles. The molecule has 3 unspecified atom stereocenters. The van der Waals surface area contributed by atoms with Gasteiger partial charge in [0.25, 0.3) is 0 Å². The van der Waals surface area contributed by atoms with E-state index in [-0.39, 0.29) is 12.0 Å². The molecule has 0 aromatic carbocycles. The summed E-state index contributed by atoms with van der Waals surface area (Å²) >= 11 is 0. The molecule has 0 bridgehead atoms. The van der Waals surface area contributed by atoms with Crippen LogP contribution in [0.2, 0.25) is 0 Å². The number of pyridine rings is 1. The first kappa shape index (κ1) is 22.1. The lowest BCUT2D eigenvalue weighted by Crippen LogP contribution is -2.47. The molecule has 8 heteroatoms. The van der Waals surface area contributed by atoms with Crippen molar-refractivity contribution in [3.63, 3.8) is 0 Å². The molecular weight excluding hydrogens is 406 g/mol. The van der Waals surface area contributed by atoms with Crippen LogP contribution in [0.3, 0.4) is 0 Å². The van der Waals surface area contributed by atoms with Crippen LogP contribution in [0.1, 0.15) is 50.6 Å². The number of hydrogen-bond donors (Lipinski definition) is 3. The van der Waals surface area contributed by atoms with Gasteiger partial charge in [0.15, 0.2) is 0 Å². The van der Waals surface area contributed by atoms with Crippen molar-refractivity contribution in [2.75, 3.05) is 44.7 Å². The van der Waals surface area contributed by atoms with Gasteiger partial charge in [0.05, 0.1) is 30.2 Å². The maximum atomic E-state index is 12.4. The van der Waals surface area contributed by atoms with Crippen molar-refractivity contribution < 1.29 is 15.0 Å². The number of amides is 1. The SMILES string of the molecule is CNCC(=O)N1CCC2C1CCN2C1CCC(O)(c2ccc(N3CCC(O)C3)cn2)CC1. The summed E-state index contributed by atoms with van der Waals surface area (Å²) in [6, 6.07) is 5.31. The molecule has 4 fully saturated rings. The predicted octanol–water partition coefficient (Wildman–Crippen LogP) is 0.677. The number of aliphatic hydroxyl groups excluding tert-OH is 1. The van der Waals surface area contributed by atoms with Crippen molar-refractivity contribution in [3.8, 4) is 0 Å². The molecule has 1 aromatic rings. The Labute approximate surface area is 190 Å². The van der Waals surface area contributed by atoms with Crippen molar-refractivity contribution >= 4 is 11.6 Å². The molecule has 0 radical (unpaired) electrons. The normalized spacial score (nSPS) is 35.5. The molecule has 1 saturated carbocycles. The second kappa shape index (κ2) is 8.89. The van der Waals surface area contributed by atoms with Crippen molar-refractivity contribution in [2.24, 2.45) is 0 Å². The maximum absolute atomic E-state index is 12.4. The molecule has 3 saturated heterocycles. The molecule has 4 aliphatic rings. The highest BCUT2D eigenvalue weighted by molar-refractivity contribution is 5.79. The van der Waals surface area contributed by atoms with Gasteiger partial charge in [-0.15, -0.1) is 0 Å². The van der Waals surface area contributed by atoms with Crippen LogP contribution in [0, 0.1) is 0 Å². The zero-order chi connectivity index (χ0) is 22.3. The van der Waals surface area contributed by atoms with Crippen LogP contribution >= 0.6 is 0 Å². The lowest BCUT2D eigenvalue weighted by Gasteiger charge is -2.41. The average molecular weight is 444 g/mol. The minimum atomic E-state index is -0.858. The predicted molar refractivity (Wildman–Crippen MR) is 122 cm³/mol. The largest absolute Gasteiger partial charge is 0.391 e. The van der Waals surface area contributed by atoms with Crippen LogP contribution in [-0.2, 0) is 10.4 Å². The summed E-state index contributed by atoms with van der Waals surface area (Å²) in [7, 11) is 1.83. The summed E-state index contributed by atoms with van der Waals surface area (Å²) in [5, 5.41) is 24.1. The van der Waals surface area contributed by atoms with Gasteiger partial charge < -0.3 is 25.3 Å². The van der Waals surface area contributed by atoms with E-state index in [4.69, 9.17) is 0 Å². The highest BCUT2D eigenvalue weighted by Crippen LogP contribution is 2.42. The number of anilines is 1. The summed E-state index contributed by atoms with van der Waals surface area (Å²) in [6.45, 7) is 3.85. The van der Waals surface area contributed by atoms with Gasteiger partial charge in [0.1, 0.15) is 5.60 Å². The number of carbonyl (C=O) groups excluding carboxylic acids is 1. The lowest BCUT2D eigenvalue weighted by molar-refractivity contribution is -0.131. The van der Waals surface area contributed by atoms with E-state index in [2.05, 4.69) is 25.0 Å². The molecule has 5 rings (SSSR count). The van der Waals surface area contributed by atoms with Crippen molar-refractivity contribution in [3.05, 3.63) is 24.0 Å². The van der Waals surface area contributed by atoms with Gasteiger partial charge >= 0.3 is 0 Å². The van der Waals surface area contributed by atoms with Crippen LogP contribution in [0.5, 0.6) is 0 Å². The maximum Gasteiger partial charge on any atom is 0.236 e. The Balaban J connectivity index is 1.19. The number of β-amino-alcohol motifs (C(OH)–C–C–N with tert-alkyl or cyclic N) is 1. The first-order chi connectivity index (χ1) is 15.5. The van der Waals surface area contributed by atoms with Crippen molar-refractivity contribution in [1.82, 2.24) is 20.1 Å². The number of aromatic nitrogens is 1. The van der Waals surface area contributed by atoms with Crippen LogP contribution < -0.4 is 10.2 Å². The van der Waals surface area contributed by atoms with Gasteiger partial charge in [-0.3, -0.25) is 14.7 Å². The molecule has 0 spiro atoms. The van der Waals surface area contributed by atoms with E-state index in [1.807, 2.05) is 25.4 Å². The summed E-state index contributed by atoms with van der Waals surface area (Å²) in [5.41, 5.74) is 0.927. The van der Waals surface area contributed by atoms with Gasteiger partial charge in [-0.05, 0) is 64.1 Å². The highest BCUT2D eigenvalue weighted by Gasteiger charge is 2.48. The Morgan fingerprint density at radius 1 is 1.12 bits per heavy atom. The number of nitrogens with one attached hydrogen (secondary N) is 1. The van der Waals surface area contributed by atoms with Crippen LogP contribution in [0.4, 0.5) is 5.69 Å². The van der Waals surface area contributed by atoms with E-state index in [0.717, 1.165) is 76.0 Å². The van der Waals surface area contributed by atoms with Gasteiger partial charge in [-0.2, -0.15) is 0 Å². The van der Waals surface area contributed by atoms with Crippen LogP contribution in [0.15, 0.2) is 18.3 Å². The molecule has 32 heavy (non-hydrogen) atoms. The Bertz CT molecular complexity index is 810. The molecule has 3 aliphatic heterocycles. The molecule has 176 valence electrons. The number of carbonyl (C=O) groups is 1. The van der Waals surface area contributed by atoms with Gasteiger partial charge in [-0.1, -0.05) is 0 Å². The van der Waals surface area contributed by atoms with E-state index in [1.165, 1.54) is 0 Å². The summed E-state index contributed by atoms with van der Waals surface area (Å²) in [5.74, 6) is 0.220. The monoisotopic (exact) mass is 443 g/mol. The first-order valence-corrected chi connectivity index (χ1v) is 12.3. The molecule has 3 N–H and O–H groups in total. The molecular formula is C24H37N5O3. The number of fused-ring (bicyclic) bond motifs is 1. The third kappa shape index (κ3) is 4.02. The van der Waals surface area contributed by atoms with Gasteiger partial charge in [0, 0.05) is 44.3 Å². The Hall–Kier alpha value is -1.74. The number of rotatable bonds is 5. The standard InChI is InChI=1S/C24H37N5O3/c1-25-15-23(31)29-13-8-20-21(29)7-12-28(20)17-4-9-24(32,10-5-17)22-3-2-18(14-26-22)27-11-6-19(30)16-27/h2-3,14,17,19-21,25,30,32H,4-13,15-16H2,1H3. The molecule has 1 aliphatic carbocycles. The Kier molecular flexibility index (Phi) is 6.13. The zero-order valence-corrected chi connectivity index (χ0v) is 19.1. The Morgan fingerprint density at radius 3 is 2.56 bits per heavy atom. The number of nitrogens with zero attached hydrogens (tertiary/aromatic N) is 4. The van der Waals surface area contributed by atoms with E-state index in [0.29, 0.717) is 31.2 Å². The Morgan fingerprint density at radius 2 is 1.91 bits per heavy atom. The van der Waals surface area contributed by atoms with Gasteiger partial charge in [-0.25, -0.2) is 0 Å². The third-order valence-electron chi connectivity index (χ3n) is 8.27. The number of likely N-dealkylation sites (N-methyl/N-ethyl adjacent to an activating group) is 1. The summed E-state index contributed by atoms with van der Waals surface area (Å²) in [6.07, 6.45) is 7.89. The quantitative estimate of drug-likeness (QED) is 0.616. The topological polar surface area (TPSA) is 92.2 Å². The second-order valence-electron chi connectivity index (χ2n) is 10.1. The highest BCUT2D eigenvalue weighted by atomic mass is 16.3. The zero-order valence-electron chi connectivity index (χ0n) is 19.1. The number of aliphatic hydroxyl groups is 2. The lowest BCUT2D eigenvalue weighted by atomic mass is 9.79.